The van der Waals surface area contributed by atoms with E-state index in [9.17, 15) is 5.11 Å². The van der Waals surface area contributed by atoms with E-state index in [1.807, 2.05) is 12.1 Å². The van der Waals surface area contributed by atoms with Crippen LogP contribution >= 0.6 is 0 Å². The molecule has 104 valence electrons. The van der Waals surface area contributed by atoms with E-state index in [0.29, 0.717) is 11.8 Å². The van der Waals surface area contributed by atoms with Gasteiger partial charge in [-0.2, -0.15) is 0 Å². The molecule has 3 heteroatoms. The smallest absolute Gasteiger partial charge is 0.123 e. The van der Waals surface area contributed by atoms with Gasteiger partial charge >= 0.3 is 0 Å². The molecule has 0 aromatic heterocycles. The van der Waals surface area contributed by atoms with Crippen molar-refractivity contribution in [2.75, 3.05) is 19.7 Å². The molecule has 1 fully saturated rings. The van der Waals surface area contributed by atoms with Crippen molar-refractivity contribution in [3.63, 3.8) is 0 Å². The molecular weight excluding hydrogens is 238 g/mol. The Morgan fingerprint density at radius 3 is 3.11 bits per heavy atom. The van der Waals surface area contributed by atoms with E-state index in [1.165, 1.54) is 31.4 Å². The first-order chi connectivity index (χ1) is 9.15. The van der Waals surface area contributed by atoms with E-state index < -0.39 is 0 Å². The van der Waals surface area contributed by atoms with Crippen molar-refractivity contribution >= 4 is 0 Å². The lowest BCUT2D eigenvalue weighted by atomic mass is 9.68. The summed E-state index contributed by atoms with van der Waals surface area (Å²) in [5, 5.41) is 9.79. The van der Waals surface area contributed by atoms with Gasteiger partial charge in [-0.1, -0.05) is 13.8 Å². The molecule has 0 amide bonds. The number of phenols is 1. The fraction of sp³-hybridized carbons (Fsp3) is 0.625. The molecule has 19 heavy (non-hydrogen) atoms. The fourth-order valence-corrected chi connectivity index (χ4v) is 3.79. The topological polar surface area (TPSA) is 32.7 Å². The van der Waals surface area contributed by atoms with Crippen LogP contribution in [0.25, 0.3) is 0 Å². The molecule has 1 aromatic rings. The van der Waals surface area contributed by atoms with Gasteiger partial charge in [-0.15, -0.1) is 0 Å². The normalized spacial score (nSPS) is 30.3. The van der Waals surface area contributed by atoms with Gasteiger partial charge in [0.05, 0.1) is 6.04 Å². The molecule has 0 unspecified atom stereocenters. The Labute approximate surface area is 115 Å². The maximum Gasteiger partial charge on any atom is 0.123 e. The highest BCUT2D eigenvalue weighted by molar-refractivity contribution is 5.47. The first kappa shape index (κ1) is 12.8. The lowest BCUT2D eigenvalue weighted by Crippen LogP contribution is -2.58. The zero-order valence-corrected chi connectivity index (χ0v) is 11.9. The second kappa shape index (κ2) is 4.71. The summed E-state index contributed by atoms with van der Waals surface area (Å²) in [6.45, 7) is 7.65. The molecule has 3 nitrogen and oxygen atoms in total. The van der Waals surface area contributed by atoms with E-state index in [2.05, 4.69) is 18.7 Å². The van der Waals surface area contributed by atoms with Gasteiger partial charge in [-0.25, -0.2) is 0 Å². The predicted molar refractivity (Wildman–Crippen MR) is 75.8 cm³/mol. The molecule has 0 bridgehead atoms. The second-order valence-corrected chi connectivity index (χ2v) is 6.06. The minimum Gasteiger partial charge on any atom is -0.508 e. The number of piperidine rings is 1. The van der Waals surface area contributed by atoms with Crippen LogP contribution in [0.2, 0.25) is 0 Å². The highest BCUT2D eigenvalue weighted by Crippen LogP contribution is 2.47. The lowest BCUT2D eigenvalue weighted by Gasteiger charge is -2.51. The molecule has 0 aliphatic carbocycles. The van der Waals surface area contributed by atoms with Crippen LogP contribution in [-0.4, -0.2) is 35.7 Å². The Morgan fingerprint density at radius 2 is 2.32 bits per heavy atom. The Kier molecular flexibility index (Phi) is 3.17. The van der Waals surface area contributed by atoms with E-state index >= 15 is 0 Å². The number of fused-ring (bicyclic) bond motifs is 3. The third-order valence-corrected chi connectivity index (χ3v) is 4.80. The predicted octanol–water partition coefficient (Wildman–Crippen LogP) is 2.92. The van der Waals surface area contributed by atoms with Gasteiger partial charge in [0.25, 0.3) is 0 Å². The maximum absolute atomic E-state index is 9.79. The standard InChI is InChI=1S/C16H23NO2/c1-3-8-17-9-4-7-16(2)13-10-12(18)5-6-14(13)19-11-15(16)17/h5-6,10,15,18H,3-4,7-9,11H2,1-2H3/t15-,16-/m1/s1. The molecule has 2 atom stereocenters. The van der Waals surface area contributed by atoms with Gasteiger partial charge < -0.3 is 9.84 Å². The summed E-state index contributed by atoms with van der Waals surface area (Å²) in [4.78, 5) is 2.57. The van der Waals surface area contributed by atoms with Crippen LogP contribution in [0.4, 0.5) is 0 Å². The summed E-state index contributed by atoms with van der Waals surface area (Å²) in [5.74, 6) is 1.30. The molecule has 3 rings (SSSR count). The first-order valence-electron chi connectivity index (χ1n) is 7.35. The van der Waals surface area contributed by atoms with Crippen LogP contribution in [0.1, 0.15) is 38.7 Å². The molecule has 0 saturated carbocycles. The fourth-order valence-electron chi connectivity index (χ4n) is 3.79. The van der Waals surface area contributed by atoms with Crippen LogP contribution in [0.15, 0.2) is 18.2 Å². The van der Waals surface area contributed by atoms with E-state index in [-0.39, 0.29) is 5.41 Å². The van der Waals surface area contributed by atoms with Crippen LogP contribution in [0.5, 0.6) is 11.5 Å². The van der Waals surface area contributed by atoms with Crippen molar-refractivity contribution in [1.82, 2.24) is 4.90 Å². The van der Waals surface area contributed by atoms with Crippen LogP contribution in [0, 0.1) is 0 Å². The molecule has 0 spiro atoms. The summed E-state index contributed by atoms with van der Waals surface area (Å²) in [5.41, 5.74) is 1.30. The van der Waals surface area contributed by atoms with Gasteiger partial charge in [0, 0.05) is 11.0 Å². The minimum absolute atomic E-state index is 0.111. The number of hydrogen-bond acceptors (Lipinski definition) is 3. The van der Waals surface area contributed by atoms with Crippen molar-refractivity contribution in [2.24, 2.45) is 0 Å². The number of aromatic hydroxyl groups is 1. The number of ether oxygens (including phenoxy) is 1. The SMILES string of the molecule is CCCN1CCC[C@]2(C)c3cc(O)ccc3OC[C@@H]12. The van der Waals surface area contributed by atoms with Crippen molar-refractivity contribution in [2.45, 2.75) is 44.6 Å². The molecular formula is C16H23NO2. The molecule has 0 radical (unpaired) electrons. The number of hydrogen-bond donors (Lipinski definition) is 1. The van der Waals surface area contributed by atoms with E-state index in [4.69, 9.17) is 4.74 Å². The lowest BCUT2D eigenvalue weighted by molar-refractivity contribution is 0.0222. The first-order valence-corrected chi connectivity index (χ1v) is 7.35. The third kappa shape index (κ3) is 2.00. The molecule has 1 N–H and O–H groups in total. The van der Waals surface area contributed by atoms with Gasteiger partial charge in [0.2, 0.25) is 0 Å². The average Bonchev–Trinajstić information content (AvgIpc) is 2.39. The van der Waals surface area contributed by atoms with Crippen molar-refractivity contribution in [3.05, 3.63) is 23.8 Å². The Balaban J connectivity index is 2.01. The van der Waals surface area contributed by atoms with Crippen molar-refractivity contribution in [3.8, 4) is 11.5 Å². The number of likely N-dealkylation sites (tertiary alicyclic amines) is 1. The highest BCUT2D eigenvalue weighted by atomic mass is 16.5. The quantitative estimate of drug-likeness (QED) is 0.888. The van der Waals surface area contributed by atoms with Gasteiger partial charge in [0.1, 0.15) is 18.1 Å². The summed E-state index contributed by atoms with van der Waals surface area (Å²) in [6.07, 6.45) is 3.58. The van der Waals surface area contributed by atoms with Gasteiger partial charge in [0.15, 0.2) is 0 Å². The highest BCUT2D eigenvalue weighted by Gasteiger charge is 2.46. The van der Waals surface area contributed by atoms with Crippen LogP contribution < -0.4 is 4.74 Å². The Bertz CT molecular complexity index is 472. The Hall–Kier alpha value is -1.22. The van der Waals surface area contributed by atoms with Crippen molar-refractivity contribution < 1.29 is 9.84 Å². The number of nitrogens with zero attached hydrogens (tertiary/aromatic N) is 1. The molecule has 2 aliphatic rings. The molecule has 1 aromatic carbocycles. The number of rotatable bonds is 2. The van der Waals surface area contributed by atoms with Crippen LogP contribution in [0.3, 0.4) is 0 Å². The maximum atomic E-state index is 9.79. The summed E-state index contributed by atoms with van der Waals surface area (Å²) in [6, 6.07) is 5.97. The summed E-state index contributed by atoms with van der Waals surface area (Å²) in [7, 11) is 0. The molecule has 2 heterocycles. The van der Waals surface area contributed by atoms with Gasteiger partial charge in [-0.05, 0) is 50.6 Å². The summed E-state index contributed by atoms with van der Waals surface area (Å²) >= 11 is 0. The summed E-state index contributed by atoms with van der Waals surface area (Å²) < 4.78 is 5.94. The van der Waals surface area contributed by atoms with Gasteiger partial charge in [-0.3, -0.25) is 4.90 Å². The zero-order chi connectivity index (χ0) is 13.5. The average molecular weight is 261 g/mol. The Morgan fingerprint density at radius 1 is 1.47 bits per heavy atom. The molecule has 1 saturated heterocycles. The third-order valence-electron chi connectivity index (χ3n) is 4.80. The number of benzene rings is 1. The minimum atomic E-state index is 0.111. The number of phenolic OH excluding ortho intramolecular Hbond substituents is 1. The van der Waals surface area contributed by atoms with E-state index in [0.717, 1.165) is 18.9 Å². The zero-order valence-electron chi connectivity index (χ0n) is 11.9. The largest absolute Gasteiger partial charge is 0.508 e. The molecule has 2 aliphatic heterocycles. The monoisotopic (exact) mass is 261 g/mol. The van der Waals surface area contributed by atoms with E-state index in [1.54, 1.807) is 6.07 Å². The van der Waals surface area contributed by atoms with Crippen LogP contribution in [-0.2, 0) is 5.41 Å². The van der Waals surface area contributed by atoms with Crippen molar-refractivity contribution in [1.29, 1.82) is 0 Å². The second-order valence-electron chi connectivity index (χ2n) is 6.06.